The third kappa shape index (κ3) is 5.18. The number of nitrogens with one attached hydrogen (secondary N) is 2. The summed E-state index contributed by atoms with van der Waals surface area (Å²) in [5.74, 6) is -0.0354. The lowest BCUT2D eigenvalue weighted by Crippen LogP contribution is -2.22. The first-order valence-corrected chi connectivity index (χ1v) is 8.66. The summed E-state index contributed by atoms with van der Waals surface area (Å²) in [6.45, 7) is 8.28. The van der Waals surface area contributed by atoms with Crippen molar-refractivity contribution < 1.29 is 9.59 Å². The molecule has 0 radical (unpaired) electrons. The van der Waals surface area contributed by atoms with Gasteiger partial charge in [0.1, 0.15) is 6.42 Å². The number of amides is 2. The molecule has 0 aromatic heterocycles. The topological polar surface area (TPSA) is 58.2 Å². The molecule has 0 atom stereocenters. The zero-order chi connectivity index (χ0) is 18.4. The first-order valence-electron chi connectivity index (χ1n) is 8.66. The number of benzene rings is 2. The summed E-state index contributed by atoms with van der Waals surface area (Å²) in [5, 5.41) is 5.69. The van der Waals surface area contributed by atoms with Crippen LogP contribution >= 0.6 is 0 Å². The van der Waals surface area contributed by atoms with Crippen LogP contribution in [0.3, 0.4) is 0 Å². The van der Waals surface area contributed by atoms with Gasteiger partial charge in [-0.15, -0.1) is 0 Å². The largest absolute Gasteiger partial charge is 0.325 e. The lowest BCUT2D eigenvalue weighted by atomic mass is 10.0. The summed E-state index contributed by atoms with van der Waals surface area (Å²) in [7, 11) is 0. The molecule has 0 saturated heterocycles. The van der Waals surface area contributed by atoms with E-state index in [0.717, 1.165) is 22.5 Å². The van der Waals surface area contributed by atoms with E-state index in [-0.39, 0.29) is 18.2 Å². The molecule has 0 saturated carbocycles. The fraction of sp³-hybridized carbons (Fsp3) is 0.333. The molecule has 132 valence electrons. The van der Waals surface area contributed by atoms with Gasteiger partial charge >= 0.3 is 0 Å². The number of carbonyl (C=O) groups excluding carboxylic acids is 2. The molecule has 0 aliphatic rings. The highest BCUT2D eigenvalue weighted by molar-refractivity contribution is 6.08. The predicted molar refractivity (Wildman–Crippen MR) is 103 cm³/mol. The number of rotatable bonds is 6. The van der Waals surface area contributed by atoms with Gasteiger partial charge in [-0.1, -0.05) is 64.1 Å². The number of anilines is 2. The van der Waals surface area contributed by atoms with Crippen molar-refractivity contribution in [1.82, 2.24) is 0 Å². The van der Waals surface area contributed by atoms with E-state index in [0.29, 0.717) is 11.8 Å². The summed E-state index contributed by atoms with van der Waals surface area (Å²) < 4.78 is 0. The van der Waals surface area contributed by atoms with Crippen molar-refractivity contribution >= 4 is 23.2 Å². The first-order chi connectivity index (χ1) is 11.9. The molecular formula is C21H26N2O2. The summed E-state index contributed by atoms with van der Waals surface area (Å²) in [6, 6.07) is 15.3. The molecule has 0 unspecified atom stereocenters. The van der Waals surface area contributed by atoms with E-state index in [1.165, 1.54) is 0 Å². The van der Waals surface area contributed by atoms with Crippen LogP contribution in [0, 0.1) is 0 Å². The maximum atomic E-state index is 12.2. The highest BCUT2D eigenvalue weighted by Crippen LogP contribution is 2.25. The van der Waals surface area contributed by atoms with E-state index in [4.69, 9.17) is 0 Å². The molecular weight excluding hydrogens is 312 g/mol. The number of para-hydroxylation sites is 2. The smallest absolute Gasteiger partial charge is 0.233 e. The monoisotopic (exact) mass is 338 g/mol. The quantitative estimate of drug-likeness (QED) is 0.736. The minimum absolute atomic E-state index is 0.209. The molecule has 2 aromatic carbocycles. The summed E-state index contributed by atoms with van der Waals surface area (Å²) in [5.41, 5.74) is 3.64. The minimum Gasteiger partial charge on any atom is -0.325 e. The summed E-state index contributed by atoms with van der Waals surface area (Å²) in [4.78, 5) is 24.5. The van der Waals surface area contributed by atoms with Gasteiger partial charge in [0.25, 0.3) is 0 Å². The van der Waals surface area contributed by atoms with E-state index < -0.39 is 0 Å². The van der Waals surface area contributed by atoms with E-state index in [1.54, 1.807) is 0 Å². The van der Waals surface area contributed by atoms with Gasteiger partial charge in [-0.05, 0) is 35.1 Å². The van der Waals surface area contributed by atoms with Crippen molar-refractivity contribution in [3.63, 3.8) is 0 Å². The Hall–Kier alpha value is -2.62. The molecule has 2 N–H and O–H groups in total. The molecule has 0 fully saturated rings. The van der Waals surface area contributed by atoms with Gasteiger partial charge in [-0.3, -0.25) is 9.59 Å². The van der Waals surface area contributed by atoms with Crippen molar-refractivity contribution in [3.05, 3.63) is 59.7 Å². The summed E-state index contributed by atoms with van der Waals surface area (Å²) >= 11 is 0. The Morgan fingerprint density at radius 3 is 1.44 bits per heavy atom. The second-order valence-corrected chi connectivity index (χ2v) is 6.76. The molecule has 0 heterocycles. The van der Waals surface area contributed by atoms with Gasteiger partial charge in [-0.25, -0.2) is 0 Å². The molecule has 0 bridgehead atoms. The van der Waals surface area contributed by atoms with Crippen molar-refractivity contribution in [2.75, 3.05) is 10.6 Å². The number of hydrogen-bond donors (Lipinski definition) is 2. The van der Waals surface area contributed by atoms with Crippen LogP contribution in [0.25, 0.3) is 0 Å². The maximum absolute atomic E-state index is 12.2. The Morgan fingerprint density at radius 2 is 1.08 bits per heavy atom. The van der Waals surface area contributed by atoms with E-state index >= 15 is 0 Å². The summed E-state index contributed by atoms with van der Waals surface area (Å²) in [6.07, 6.45) is -0.209. The Labute approximate surface area is 149 Å². The fourth-order valence-corrected chi connectivity index (χ4v) is 2.76. The molecule has 2 rings (SSSR count). The van der Waals surface area contributed by atoms with Crippen LogP contribution in [-0.4, -0.2) is 11.8 Å². The minimum atomic E-state index is -0.312. The lowest BCUT2D eigenvalue weighted by molar-refractivity contribution is -0.123. The van der Waals surface area contributed by atoms with E-state index in [1.807, 2.05) is 48.5 Å². The fourth-order valence-electron chi connectivity index (χ4n) is 2.76. The molecule has 25 heavy (non-hydrogen) atoms. The Balaban J connectivity index is 2.01. The van der Waals surface area contributed by atoms with Crippen LogP contribution < -0.4 is 10.6 Å². The molecule has 0 spiro atoms. The Kier molecular flexibility index (Phi) is 6.34. The van der Waals surface area contributed by atoms with Crippen molar-refractivity contribution in [1.29, 1.82) is 0 Å². The highest BCUT2D eigenvalue weighted by atomic mass is 16.2. The molecule has 2 aromatic rings. The Morgan fingerprint density at radius 1 is 0.720 bits per heavy atom. The molecule has 4 heteroatoms. The molecule has 4 nitrogen and oxygen atoms in total. The second-order valence-electron chi connectivity index (χ2n) is 6.76. The lowest BCUT2D eigenvalue weighted by Gasteiger charge is -2.15. The van der Waals surface area contributed by atoms with Gasteiger partial charge in [0.05, 0.1) is 0 Å². The van der Waals surface area contributed by atoms with Crippen LogP contribution in [0.2, 0.25) is 0 Å². The molecule has 0 aliphatic carbocycles. The van der Waals surface area contributed by atoms with Crippen LogP contribution in [0.5, 0.6) is 0 Å². The third-order valence-electron chi connectivity index (χ3n) is 4.03. The zero-order valence-corrected chi connectivity index (χ0v) is 15.3. The predicted octanol–water partition coefficient (Wildman–Crippen LogP) is 4.90. The van der Waals surface area contributed by atoms with Crippen molar-refractivity contribution in [3.8, 4) is 0 Å². The highest BCUT2D eigenvalue weighted by Gasteiger charge is 2.14. The van der Waals surface area contributed by atoms with E-state index in [2.05, 4.69) is 38.3 Å². The van der Waals surface area contributed by atoms with Gasteiger partial charge in [-0.2, -0.15) is 0 Å². The normalized spacial score (nSPS) is 10.8. The van der Waals surface area contributed by atoms with Crippen LogP contribution in [-0.2, 0) is 9.59 Å². The van der Waals surface area contributed by atoms with Crippen molar-refractivity contribution in [2.24, 2.45) is 0 Å². The van der Waals surface area contributed by atoms with Gasteiger partial charge in [0.2, 0.25) is 11.8 Å². The Bertz CT molecular complexity index is 688. The first kappa shape index (κ1) is 18.7. The second kappa shape index (κ2) is 8.47. The van der Waals surface area contributed by atoms with Crippen LogP contribution in [0.15, 0.2) is 48.5 Å². The van der Waals surface area contributed by atoms with Crippen LogP contribution in [0.1, 0.15) is 57.1 Å². The van der Waals surface area contributed by atoms with Gasteiger partial charge in [0.15, 0.2) is 0 Å². The third-order valence-corrected chi connectivity index (χ3v) is 4.03. The number of carbonyl (C=O) groups is 2. The van der Waals surface area contributed by atoms with Crippen LogP contribution in [0.4, 0.5) is 11.4 Å². The maximum Gasteiger partial charge on any atom is 0.233 e. The molecule has 0 aliphatic heterocycles. The number of hydrogen-bond acceptors (Lipinski definition) is 2. The SMILES string of the molecule is CC(C)c1ccccc1NC(=O)CC(=O)Nc1ccccc1C(C)C. The van der Waals surface area contributed by atoms with E-state index in [9.17, 15) is 9.59 Å². The molecule has 2 amide bonds. The standard InChI is InChI=1S/C21H26N2O2/c1-14(2)16-9-5-7-11-18(16)22-20(24)13-21(25)23-19-12-8-6-10-17(19)15(3)4/h5-12,14-15H,13H2,1-4H3,(H,22,24)(H,23,25). The average molecular weight is 338 g/mol. The van der Waals surface area contributed by atoms with Gasteiger partial charge in [0, 0.05) is 11.4 Å². The van der Waals surface area contributed by atoms with Gasteiger partial charge < -0.3 is 10.6 Å². The average Bonchev–Trinajstić information content (AvgIpc) is 2.55. The van der Waals surface area contributed by atoms with Crippen molar-refractivity contribution in [2.45, 2.75) is 46.0 Å². The zero-order valence-electron chi connectivity index (χ0n) is 15.3.